The molecule has 2 fully saturated rings. The van der Waals surface area contributed by atoms with Crippen LogP contribution in [0.3, 0.4) is 0 Å². The Balaban J connectivity index is 0.000000366. The van der Waals surface area contributed by atoms with Gasteiger partial charge in [0.2, 0.25) is 0 Å². The van der Waals surface area contributed by atoms with Crippen LogP contribution in [0.1, 0.15) is 20.8 Å². The molecule has 16 heteroatoms. The van der Waals surface area contributed by atoms with E-state index < -0.39 is 31.4 Å². The molecule has 0 aromatic carbocycles. The van der Waals surface area contributed by atoms with Crippen molar-refractivity contribution >= 4 is 26.4 Å². The van der Waals surface area contributed by atoms with Crippen LogP contribution in [0, 0.1) is 5.41 Å². The number of alkyl halides is 3. The smallest absolute Gasteiger partial charge is 0.485 e. The van der Waals surface area contributed by atoms with Crippen LogP contribution in [0.25, 0.3) is 0 Å². The van der Waals surface area contributed by atoms with Crippen LogP contribution in [0.15, 0.2) is 18.7 Å². The Labute approximate surface area is 177 Å². The summed E-state index contributed by atoms with van der Waals surface area (Å²) in [6.07, 6.45) is 4.39. The first-order valence-corrected chi connectivity index (χ1v) is 11.6. The van der Waals surface area contributed by atoms with Crippen LogP contribution in [-0.4, -0.2) is 77.9 Å². The number of hydrogen-bond acceptors (Lipinski definition) is 7. The van der Waals surface area contributed by atoms with E-state index in [9.17, 15) is 26.4 Å². The summed E-state index contributed by atoms with van der Waals surface area (Å²) in [6, 6.07) is 0. The molecular weight excluding hydrogens is 469 g/mol. The highest BCUT2D eigenvalue weighted by molar-refractivity contribution is 7.87. The first-order chi connectivity index (χ1) is 13.8. The van der Waals surface area contributed by atoms with Gasteiger partial charge >= 0.3 is 21.8 Å². The summed E-state index contributed by atoms with van der Waals surface area (Å²) in [4.78, 5) is 13.6. The number of rotatable bonds is 2. The average Bonchev–Trinajstić information content (AvgIpc) is 2.88. The molecule has 3 rings (SSSR count). The Hall–Kier alpha value is -1.91. The highest BCUT2D eigenvalue weighted by Gasteiger charge is 2.58. The summed E-state index contributed by atoms with van der Waals surface area (Å²) in [6.45, 7) is 7.47. The number of nitrogens with zero attached hydrogens (tertiary/aromatic N) is 4. The molecule has 0 N–H and O–H groups in total. The van der Waals surface area contributed by atoms with Crippen molar-refractivity contribution < 1.29 is 48.7 Å². The minimum absolute atomic E-state index is 0.112. The Morgan fingerprint density at radius 2 is 1.58 bits per heavy atom. The number of likely N-dealkylation sites (tertiary alicyclic amines) is 1. The second-order valence-electron chi connectivity index (χ2n) is 8.42. The average molecular weight is 492 g/mol. The Kier molecular flexibility index (Phi) is 6.46. The standard InChI is InChI=1S/C14H23N4O4S.CHF3O3S/c1-13(2,3)22-12(19)16-7-14(8-16)9-18(10-14)23(20,21)17-6-5-15(4)11-17;2-1(3,4)8(5,6)7/h5-6,11H,7-10H2,1-4H3;(H,5,6,7)/q+1;/p-1. The van der Waals surface area contributed by atoms with Crippen LogP contribution in [0.5, 0.6) is 0 Å². The van der Waals surface area contributed by atoms with Crippen LogP contribution in [0.4, 0.5) is 18.0 Å². The summed E-state index contributed by atoms with van der Waals surface area (Å²) in [7, 11) is -7.82. The molecular formula is C15H23F3N4O7S2. The maximum atomic E-state index is 12.4. The monoisotopic (exact) mass is 492 g/mol. The topological polar surface area (TPSA) is 133 Å². The summed E-state index contributed by atoms with van der Waals surface area (Å²) in [5.41, 5.74) is -6.27. The van der Waals surface area contributed by atoms with E-state index >= 15 is 0 Å². The molecule has 2 saturated heterocycles. The number of ether oxygens (including phenoxy) is 1. The SMILES string of the molecule is C[n+]1ccn(S(=O)(=O)N2CC3(CN(C(=O)OC(C)(C)C)C3)C2)c1.O=S(=O)([O-])C(F)(F)F. The van der Waals surface area contributed by atoms with Gasteiger partial charge in [0.25, 0.3) is 6.33 Å². The predicted molar refractivity (Wildman–Crippen MR) is 97.5 cm³/mol. The molecule has 0 bridgehead atoms. The number of aryl methyl sites for hydroxylation is 1. The third kappa shape index (κ3) is 5.87. The van der Waals surface area contributed by atoms with E-state index in [-0.39, 0.29) is 11.5 Å². The largest absolute Gasteiger partial charge is 0.741 e. The zero-order chi connectivity index (χ0) is 24.0. The molecule has 31 heavy (non-hydrogen) atoms. The molecule has 1 amide bonds. The third-order valence-corrected chi connectivity index (χ3v) is 6.58. The molecule has 1 aromatic heterocycles. The minimum Gasteiger partial charge on any atom is -0.741 e. The fourth-order valence-corrected chi connectivity index (χ4v) is 4.60. The molecule has 0 aliphatic carbocycles. The van der Waals surface area contributed by atoms with E-state index in [2.05, 4.69) is 0 Å². The van der Waals surface area contributed by atoms with E-state index in [1.807, 2.05) is 20.8 Å². The fraction of sp³-hybridized carbons (Fsp3) is 0.733. The number of aromatic nitrogens is 2. The lowest BCUT2D eigenvalue weighted by Crippen LogP contribution is -2.74. The fourth-order valence-electron chi connectivity index (χ4n) is 2.98. The number of carbonyl (C=O) groups excluding carboxylic acids is 1. The molecule has 2 aliphatic rings. The summed E-state index contributed by atoms with van der Waals surface area (Å²) >= 11 is 0. The van der Waals surface area contributed by atoms with Crippen molar-refractivity contribution in [1.82, 2.24) is 13.2 Å². The number of carbonyl (C=O) groups is 1. The Bertz CT molecular complexity index is 1030. The molecule has 0 atom stereocenters. The molecule has 0 saturated carbocycles. The van der Waals surface area contributed by atoms with Gasteiger partial charge < -0.3 is 14.2 Å². The van der Waals surface area contributed by atoms with Gasteiger partial charge in [-0.1, -0.05) is 0 Å². The minimum atomic E-state index is -6.09. The lowest BCUT2D eigenvalue weighted by Gasteiger charge is -2.58. The number of imidazole rings is 1. The third-order valence-electron chi connectivity index (χ3n) is 4.35. The van der Waals surface area contributed by atoms with E-state index in [0.717, 1.165) is 0 Å². The maximum Gasteiger partial charge on any atom is 0.485 e. The number of hydrogen-bond donors (Lipinski definition) is 0. The van der Waals surface area contributed by atoms with Gasteiger partial charge in [-0.15, -0.1) is 3.97 Å². The van der Waals surface area contributed by atoms with Crippen molar-refractivity contribution in [2.75, 3.05) is 26.2 Å². The lowest BCUT2D eigenvalue weighted by atomic mass is 9.75. The molecule has 2 aliphatic heterocycles. The van der Waals surface area contributed by atoms with Gasteiger partial charge in [-0.3, -0.25) is 0 Å². The number of halogens is 3. The lowest BCUT2D eigenvalue weighted by molar-refractivity contribution is -0.670. The van der Waals surface area contributed by atoms with Crippen LogP contribution in [-0.2, 0) is 32.1 Å². The van der Waals surface area contributed by atoms with Crippen molar-refractivity contribution in [1.29, 1.82) is 0 Å². The molecule has 0 unspecified atom stereocenters. The summed E-state index contributed by atoms with van der Waals surface area (Å²) in [5.74, 6) is 0. The summed E-state index contributed by atoms with van der Waals surface area (Å²) < 4.78 is 93.4. The maximum absolute atomic E-state index is 12.4. The van der Waals surface area contributed by atoms with Gasteiger partial charge in [0.1, 0.15) is 18.0 Å². The van der Waals surface area contributed by atoms with Crippen LogP contribution in [0.2, 0.25) is 0 Å². The Morgan fingerprint density at radius 1 is 1.10 bits per heavy atom. The molecule has 1 aromatic rings. The van der Waals surface area contributed by atoms with E-state index in [1.54, 1.807) is 22.7 Å². The van der Waals surface area contributed by atoms with Crippen LogP contribution >= 0.6 is 0 Å². The molecule has 1 spiro atoms. The van der Waals surface area contributed by atoms with Crippen LogP contribution < -0.4 is 4.57 Å². The number of amides is 1. The van der Waals surface area contributed by atoms with Gasteiger partial charge in [0.05, 0.1) is 7.05 Å². The zero-order valence-electron chi connectivity index (χ0n) is 17.2. The first kappa shape index (κ1) is 25.4. The van der Waals surface area contributed by atoms with Gasteiger partial charge in [0.15, 0.2) is 10.1 Å². The van der Waals surface area contributed by atoms with Crippen molar-refractivity contribution in [3.8, 4) is 0 Å². The van der Waals surface area contributed by atoms with Crippen molar-refractivity contribution in [3.05, 3.63) is 18.7 Å². The van der Waals surface area contributed by atoms with Crippen molar-refractivity contribution in [2.45, 2.75) is 31.9 Å². The van der Waals surface area contributed by atoms with Crippen molar-refractivity contribution in [3.63, 3.8) is 0 Å². The van der Waals surface area contributed by atoms with E-state index in [1.165, 1.54) is 20.8 Å². The first-order valence-electron chi connectivity index (χ1n) is 8.80. The highest BCUT2D eigenvalue weighted by Crippen LogP contribution is 2.41. The second-order valence-corrected chi connectivity index (χ2v) is 11.6. The van der Waals surface area contributed by atoms with Crippen molar-refractivity contribution in [2.24, 2.45) is 12.5 Å². The summed E-state index contributed by atoms with van der Waals surface area (Å²) in [5, 5.41) is 0. The molecule has 178 valence electrons. The highest BCUT2D eigenvalue weighted by atomic mass is 32.2. The van der Waals surface area contributed by atoms with Gasteiger partial charge in [-0.25, -0.2) is 17.8 Å². The molecule has 3 heterocycles. The normalized spacial score (nSPS) is 19.2. The van der Waals surface area contributed by atoms with E-state index in [0.29, 0.717) is 26.2 Å². The second kappa shape index (κ2) is 7.90. The Morgan fingerprint density at radius 3 is 1.94 bits per heavy atom. The molecule has 11 nitrogen and oxygen atoms in total. The van der Waals surface area contributed by atoms with Gasteiger partial charge in [0, 0.05) is 31.6 Å². The van der Waals surface area contributed by atoms with Gasteiger partial charge in [-0.2, -0.15) is 25.9 Å². The predicted octanol–water partition coefficient (Wildman–Crippen LogP) is 0.00960. The zero-order valence-corrected chi connectivity index (χ0v) is 18.8. The van der Waals surface area contributed by atoms with E-state index in [4.69, 9.17) is 17.7 Å². The van der Waals surface area contributed by atoms with Gasteiger partial charge in [-0.05, 0) is 20.8 Å². The molecule has 0 radical (unpaired) electrons. The quantitative estimate of drug-likeness (QED) is 0.323.